The van der Waals surface area contributed by atoms with Crippen LogP contribution in [0.15, 0.2) is 18.3 Å². The number of aliphatic hydroxyl groups is 1. The second-order valence-electron chi connectivity index (χ2n) is 4.84. The van der Waals surface area contributed by atoms with Gasteiger partial charge in [-0.15, -0.1) is 0 Å². The van der Waals surface area contributed by atoms with Crippen molar-refractivity contribution in [2.75, 3.05) is 13.2 Å². The van der Waals surface area contributed by atoms with E-state index in [9.17, 15) is 4.79 Å². The lowest BCUT2D eigenvalue weighted by molar-refractivity contribution is -0.135. The topological polar surface area (TPSA) is 53.4 Å². The third-order valence-corrected chi connectivity index (χ3v) is 3.61. The Bertz CT molecular complexity index is 416. The van der Waals surface area contributed by atoms with Crippen LogP contribution in [0.25, 0.3) is 0 Å². The van der Waals surface area contributed by atoms with E-state index in [1.807, 2.05) is 24.0 Å². The minimum Gasteiger partial charge on any atom is -0.395 e. The number of aryl methyl sites for hydroxylation is 1. The molecule has 98 valence electrons. The Morgan fingerprint density at radius 3 is 2.89 bits per heavy atom. The molecule has 0 radical (unpaired) electrons. The van der Waals surface area contributed by atoms with Crippen molar-refractivity contribution >= 4 is 5.91 Å². The Morgan fingerprint density at radius 1 is 1.56 bits per heavy atom. The highest BCUT2D eigenvalue weighted by Gasteiger charge is 2.28. The number of rotatable bonds is 5. The zero-order valence-electron chi connectivity index (χ0n) is 10.8. The van der Waals surface area contributed by atoms with Gasteiger partial charge in [0.2, 0.25) is 5.91 Å². The van der Waals surface area contributed by atoms with Crippen LogP contribution in [0.3, 0.4) is 0 Å². The molecule has 0 bridgehead atoms. The molecule has 18 heavy (non-hydrogen) atoms. The van der Waals surface area contributed by atoms with E-state index in [0.717, 1.165) is 24.1 Å². The van der Waals surface area contributed by atoms with Crippen molar-refractivity contribution in [3.63, 3.8) is 0 Å². The van der Waals surface area contributed by atoms with E-state index in [1.165, 1.54) is 6.42 Å². The second-order valence-corrected chi connectivity index (χ2v) is 4.84. The molecule has 0 unspecified atom stereocenters. The van der Waals surface area contributed by atoms with Gasteiger partial charge in [-0.05, 0) is 37.8 Å². The van der Waals surface area contributed by atoms with Crippen LogP contribution in [0, 0.1) is 6.92 Å². The van der Waals surface area contributed by atoms with Crippen LogP contribution in [0.5, 0.6) is 0 Å². The van der Waals surface area contributed by atoms with E-state index in [0.29, 0.717) is 19.0 Å². The van der Waals surface area contributed by atoms with E-state index in [4.69, 9.17) is 5.11 Å². The van der Waals surface area contributed by atoms with Gasteiger partial charge in [-0.2, -0.15) is 0 Å². The third kappa shape index (κ3) is 2.88. The number of nitrogens with zero attached hydrogens (tertiary/aromatic N) is 2. The monoisotopic (exact) mass is 248 g/mol. The predicted octanol–water partition coefficient (Wildman–Crippen LogP) is 1.31. The average Bonchev–Trinajstić information content (AvgIpc) is 2.29. The molecule has 0 spiro atoms. The average molecular weight is 248 g/mol. The van der Waals surface area contributed by atoms with Crippen LogP contribution in [-0.4, -0.2) is 40.1 Å². The van der Waals surface area contributed by atoms with Gasteiger partial charge in [0.1, 0.15) is 0 Å². The van der Waals surface area contributed by atoms with Crippen molar-refractivity contribution < 1.29 is 9.90 Å². The molecule has 0 aliphatic heterocycles. The van der Waals surface area contributed by atoms with Gasteiger partial charge in [0.05, 0.1) is 18.7 Å². The highest BCUT2D eigenvalue weighted by atomic mass is 16.3. The lowest BCUT2D eigenvalue weighted by Gasteiger charge is -2.37. The second kappa shape index (κ2) is 5.96. The Hall–Kier alpha value is -1.42. The first kappa shape index (κ1) is 13.0. The minimum atomic E-state index is 0.0312. The summed E-state index contributed by atoms with van der Waals surface area (Å²) in [6.45, 7) is 2.44. The van der Waals surface area contributed by atoms with Crippen molar-refractivity contribution in [1.82, 2.24) is 9.88 Å². The summed E-state index contributed by atoms with van der Waals surface area (Å²) < 4.78 is 0. The highest BCUT2D eigenvalue weighted by Crippen LogP contribution is 2.25. The van der Waals surface area contributed by atoms with Crippen molar-refractivity contribution in [2.24, 2.45) is 0 Å². The Balaban J connectivity index is 2.02. The number of aromatic nitrogens is 1. The van der Waals surface area contributed by atoms with Crippen LogP contribution in [0.2, 0.25) is 0 Å². The van der Waals surface area contributed by atoms with Crippen LogP contribution in [0.1, 0.15) is 30.5 Å². The molecule has 1 amide bonds. The molecule has 4 heteroatoms. The summed E-state index contributed by atoms with van der Waals surface area (Å²) in [7, 11) is 0. The van der Waals surface area contributed by atoms with Crippen LogP contribution in [-0.2, 0) is 11.2 Å². The normalized spacial score (nSPS) is 15.2. The molecule has 1 heterocycles. The van der Waals surface area contributed by atoms with Gasteiger partial charge >= 0.3 is 0 Å². The number of hydrogen-bond donors (Lipinski definition) is 1. The quantitative estimate of drug-likeness (QED) is 0.854. The Morgan fingerprint density at radius 2 is 2.33 bits per heavy atom. The van der Waals surface area contributed by atoms with Crippen LogP contribution < -0.4 is 0 Å². The van der Waals surface area contributed by atoms with Crippen molar-refractivity contribution in [3.8, 4) is 0 Å². The first-order chi connectivity index (χ1) is 8.72. The SMILES string of the molecule is Cc1cccnc1CC(=O)N(CCO)C1CCC1. The third-order valence-electron chi connectivity index (χ3n) is 3.61. The Labute approximate surface area is 108 Å². The molecule has 0 atom stereocenters. The molecule has 0 aromatic carbocycles. The standard InChI is InChI=1S/C14H20N2O2/c1-11-4-3-7-15-13(11)10-14(18)16(8-9-17)12-5-2-6-12/h3-4,7,12,17H,2,5-6,8-10H2,1H3. The van der Waals surface area contributed by atoms with Gasteiger partial charge in [-0.1, -0.05) is 6.07 Å². The van der Waals surface area contributed by atoms with Crippen molar-refractivity contribution in [1.29, 1.82) is 0 Å². The first-order valence-corrected chi connectivity index (χ1v) is 6.53. The van der Waals surface area contributed by atoms with Gasteiger partial charge in [0, 0.05) is 18.8 Å². The summed E-state index contributed by atoms with van der Waals surface area (Å²) in [5.41, 5.74) is 1.88. The van der Waals surface area contributed by atoms with E-state index < -0.39 is 0 Å². The fourth-order valence-corrected chi connectivity index (χ4v) is 2.27. The number of aliphatic hydroxyl groups excluding tert-OH is 1. The Kier molecular flexibility index (Phi) is 4.31. The predicted molar refractivity (Wildman–Crippen MR) is 69.1 cm³/mol. The molecule has 2 rings (SSSR count). The first-order valence-electron chi connectivity index (χ1n) is 6.53. The number of hydrogen-bond acceptors (Lipinski definition) is 3. The molecule has 1 aliphatic rings. The van der Waals surface area contributed by atoms with E-state index in [1.54, 1.807) is 6.20 Å². The molecule has 1 aromatic heterocycles. The maximum atomic E-state index is 12.3. The molecule has 1 saturated carbocycles. The fourth-order valence-electron chi connectivity index (χ4n) is 2.27. The summed E-state index contributed by atoms with van der Waals surface area (Å²) in [5.74, 6) is 0.0792. The molecular weight excluding hydrogens is 228 g/mol. The van der Waals surface area contributed by atoms with Gasteiger partial charge in [-0.3, -0.25) is 9.78 Å². The van der Waals surface area contributed by atoms with Gasteiger partial charge in [0.15, 0.2) is 0 Å². The fraction of sp³-hybridized carbons (Fsp3) is 0.571. The van der Waals surface area contributed by atoms with Crippen molar-refractivity contribution in [2.45, 2.75) is 38.6 Å². The maximum absolute atomic E-state index is 12.3. The van der Waals surface area contributed by atoms with Crippen LogP contribution >= 0.6 is 0 Å². The lowest BCUT2D eigenvalue weighted by Crippen LogP contribution is -2.46. The summed E-state index contributed by atoms with van der Waals surface area (Å²) in [6.07, 6.45) is 5.36. The number of pyridine rings is 1. The number of carbonyl (C=O) groups excluding carboxylic acids is 1. The molecule has 4 nitrogen and oxygen atoms in total. The molecular formula is C14H20N2O2. The number of carbonyl (C=O) groups is 1. The largest absolute Gasteiger partial charge is 0.395 e. The smallest absolute Gasteiger partial charge is 0.228 e. The summed E-state index contributed by atoms with van der Waals surface area (Å²) >= 11 is 0. The molecule has 0 saturated heterocycles. The maximum Gasteiger partial charge on any atom is 0.228 e. The lowest BCUT2D eigenvalue weighted by atomic mass is 9.91. The van der Waals surface area contributed by atoms with Crippen molar-refractivity contribution in [3.05, 3.63) is 29.6 Å². The van der Waals surface area contributed by atoms with Gasteiger partial charge in [0.25, 0.3) is 0 Å². The molecule has 1 aromatic rings. The zero-order valence-corrected chi connectivity index (χ0v) is 10.8. The minimum absolute atomic E-state index is 0.0312. The van der Waals surface area contributed by atoms with Gasteiger partial charge < -0.3 is 10.0 Å². The summed E-state index contributed by atoms with van der Waals surface area (Å²) in [4.78, 5) is 18.3. The highest BCUT2D eigenvalue weighted by molar-refractivity contribution is 5.79. The van der Waals surface area contributed by atoms with E-state index in [-0.39, 0.29) is 12.5 Å². The summed E-state index contributed by atoms with van der Waals surface area (Å²) in [6, 6.07) is 4.17. The molecule has 1 N–H and O–H groups in total. The molecule has 1 aliphatic carbocycles. The zero-order chi connectivity index (χ0) is 13.0. The molecule has 1 fully saturated rings. The van der Waals surface area contributed by atoms with Gasteiger partial charge in [-0.25, -0.2) is 0 Å². The summed E-state index contributed by atoms with van der Waals surface area (Å²) in [5, 5.41) is 9.07. The van der Waals surface area contributed by atoms with Crippen LogP contribution in [0.4, 0.5) is 0 Å². The van der Waals surface area contributed by atoms with E-state index >= 15 is 0 Å². The number of amides is 1. The van der Waals surface area contributed by atoms with E-state index in [2.05, 4.69) is 4.98 Å².